The number of aliphatic carboxylic acids is 2. The molecule has 122 valence electrons. The molecule has 0 spiro atoms. The number of aliphatic imine (C=N–C) groups is 2. The number of hydrogen-bond acceptors (Lipinski definition) is 7. The number of nitriles is 1. The summed E-state index contributed by atoms with van der Waals surface area (Å²) in [5, 5.41) is 27.1. The van der Waals surface area contributed by atoms with E-state index in [0.29, 0.717) is 0 Å². The molecule has 0 aromatic heterocycles. The van der Waals surface area contributed by atoms with Crippen LogP contribution >= 0.6 is 0 Å². The van der Waals surface area contributed by atoms with Crippen LogP contribution in [0.15, 0.2) is 40.3 Å². The lowest BCUT2D eigenvalue weighted by Crippen LogP contribution is -2.35. The zero-order chi connectivity index (χ0) is 17.9. The van der Waals surface area contributed by atoms with Gasteiger partial charge in [0, 0.05) is 5.56 Å². The van der Waals surface area contributed by atoms with E-state index >= 15 is 0 Å². The lowest BCUT2D eigenvalue weighted by Gasteiger charge is -2.22. The number of esters is 1. The predicted octanol–water partition coefficient (Wildman–Crippen LogP) is 0.359. The summed E-state index contributed by atoms with van der Waals surface area (Å²) in [7, 11) is 0. The largest absolute Gasteiger partial charge is 0.476 e. The Bertz CT molecular complexity index is 776. The number of hydrogen-bond donors (Lipinski definition) is 2. The van der Waals surface area contributed by atoms with E-state index in [9.17, 15) is 14.4 Å². The molecule has 0 saturated heterocycles. The number of nitrogens with zero attached hydrogens (tertiary/aromatic N) is 3. The van der Waals surface area contributed by atoms with Crippen molar-refractivity contribution in [2.24, 2.45) is 9.98 Å². The van der Waals surface area contributed by atoms with Crippen molar-refractivity contribution in [3.05, 3.63) is 35.9 Å². The van der Waals surface area contributed by atoms with E-state index in [1.54, 1.807) is 24.3 Å². The van der Waals surface area contributed by atoms with Gasteiger partial charge in [0.25, 0.3) is 5.66 Å². The molecule has 1 aromatic carbocycles. The Morgan fingerprint density at radius 1 is 1.12 bits per heavy atom. The molecule has 1 atom stereocenters. The molecule has 1 aliphatic rings. The lowest BCUT2D eigenvalue weighted by atomic mass is 10.0. The summed E-state index contributed by atoms with van der Waals surface area (Å²) in [6.45, 7) is 1.30. The molecule has 1 aliphatic heterocycles. The first-order chi connectivity index (χ1) is 11.3. The topological polar surface area (TPSA) is 149 Å². The van der Waals surface area contributed by atoms with Gasteiger partial charge in [0.15, 0.2) is 17.5 Å². The second-order valence-electron chi connectivity index (χ2n) is 4.75. The first kappa shape index (κ1) is 16.8. The van der Waals surface area contributed by atoms with Crippen molar-refractivity contribution in [3.8, 4) is 6.07 Å². The number of carboxylic acids is 2. The molecular weight excluding hydrogens is 318 g/mol. The maximum atomic E-state index is 12.5. The van der Waals surface area contributed by atoms with Gasteiger partial charge < -0.3 is 14.9 Å². The van der Waals surface area contributed by atoms with Crippen molar-refractivity contribution in [2.45, 2.75) is 18.7 Å². The average Bonchev–Trinajstić information content (AvgIpc) is 2.98. The van der Waals surface area contributed by atoms with E-state index in [4.69, 9.17) is 20.2 Å². The molecule has 9 heteroatoms. The highest BCUT2D eigenvalue weighted by atomic mass is 16.5. The number of rotatable bonds is 5. The van der Waals surface area contributed by atoms with Gasteiger partial charge in [-0.1, -0.05) is 30.3 Å². The van der Waals surface area contributed by atoms with Gasteiger partial charge in [0.1, 0.15) is 6.07 Å². The summed E-state index contributed by atoms with van der Waals surface area (Å²) in [5.41, 5.74) is -3.83. The fourth-order valence-electron chi connectivity index (χ4n) is 2.03. The minimum atomic E-state index is -2.21. The molecular formula is C15H11N3O6. The maximum Gasteiger partial charge on any atom is 0.363 e. The van der Waals surface area contributed by atoms with Gasteiger partial charge in [0.05, 0.1) is 0 Å². The van der Waals surface area contributed by atoms with Crippen molar-refractivity contribution >= 4 is 29.3 Å². The zero-order valence-corrected chi connectivity index (χ0v) is 12.3. The molecule has 0 fully saturated rings. The molecule has 0 aliphatic carbocycles. The van der Waals surface area contributed by atoms with E-state index in [1.165, 1.54) is 19.1 Å². The standard InChI is InChI=1S/C15H11N3O6/c1-8(7-16)24-14(23)15(9-5-3-2-4-6-9)17-10(12(19)20)11(18-15)13(21)22/h2-6,8H,1H3,(H,19,20)(H,21,22). The fourth-order valence-corrected chi connectivity index (χ4v) is 2.03. The Balaban J connectivity index is 2.67. The lowest BCUT2D eigenvalue weighted by molar-refractivity contribution is -0.152. The molecule has 0 amide bonds. The van der Waals surface area contributed by atoms with Crippen LogP contribution in [0.1, 0.15) is 12.5 Å². The summed E-state index contributed by atoms with van der Waals surface area (Å²) >= 11 is 0. The smallest absolute Gasteiger partial charge is 0.363 e. The Kier molecular flexibility index (Phi) is 4.41. The Morgan fingerprint density at radius 2 is 1.62 bits per heavy atom. The van der Waals surface area contributed by atoms with Crippen molar-refractivity contribution in [2.75, 3.05) is 0 Å². The molecule has 2 N–H and O–H groups in total. The molecule has 1 unspecified atom stereocenters. The third-order valence-corrected chi connectivity index (χ3v) is 3.10. The van der Waals surface area contributed by atoms with Gasteiger partial charge in [0.2, 0.25) is 0 Å². The highest BCUT2D eigenvalue weighted by Crippen LogP contribution is 2.34. The van der Waals surface area contributed by atoms with Crippen molar-refractivity contribution in [1.29, 1.82) is 5.26 Å². The SMILES string of the molecule is CC(C#N)OC(=O)C1(c2ccccc2)N=C(C(=O)O)C(C(=O)O)=N1. The summed E-state index contributed by atoms with van der Waals surface area (Å²) in [4.78, 5) is 42.5. The van der Waals surface area contributed by atoms with Crippen LogP contribution in [-0.2, 0) is 24.8 Å². The number of carbonyl (C=O) groups excluding carboxylic acids is 1. The predicted molar refractivity (Wildman–Crippen MR) is 79.4 cm³/mol. The van der Waals surface area contributed by atoms with Crippen molar-refractivity contribution in [1.82, 2.24) is 0 Å². The van der Waals surface area contributed by atoms with Gasteiger partial charge in [-0.3, -0.25) is 0 Å². The van der Waals surface area contributed by atoms with E-state index in [1.807, 2.05) is 0 Å². The van der Waals surface area contributed by atoms with E-state index < -0.39 is 41.1 Å². The van der Waals surface area contributed by atoms with Gasteiger partial charge in [-0.25, -0.2) is 24.4 Å². The average molecular weight is 329 g/mol. The number of carboxylic acid groups (broad SMARTS) is 2. The Hall–Kier alpha value is -3.54. The molecule has 0 saturated carbocycles. The summed E-state index contributed by atoms with van der Waals surface area (Å²) < 4.78 is 4.90. The van der Waals surface area contributed by atoms with Crippen LogP contribution in [0.2, 0.25) is 0 Å². The van der Waals surface area contributed by atoms with Crippen LogP contribution in [0, 0.1) is 11.3 Å². The van der Waals surface area contributed by atoms with Crippen LogP contribution in [-0.4, -0.2) is 45.6 Å². The van der Waals surface area contributed by atoms with Crippen LogP contribution in [0.3, 0.4) is 0 Å². The van der Waals surface area contributed by atoms with E-state index in [0.717, 1.165) is 0 Å². The van der Waals surface area contributed by atoms with Gasteiger partial charge >= 0.3 is 17.9 Å². The summed E-state index contributed by atoms with van der Waals surface area (Å²) in [5.74, 6) is -4.43. The van der Waals surface area contributed by atoms with Crippen LogP contribution in [0.5, 0.6) is 0 Å². The van der Waals surface area contributed by atoms with Crippen molar-refractivity contribution < 1.29 is 29.3 Å². The number of ether oxygens (including phenoxy) is 1. The van der Waals surface area contributed by atoms with Crippen LogP contribution in [0.4, 0.5) is 0 Å². The van der Waals surface area contributed by atoms with Gasteiger partial charge in [-0.2, -0.15) is 5.26 Å². The maximum absolute atomic E-state index is 12.5. The van der Waals surface area contributed by atoms with Crippen LogP contribution < -0.4 is 0 Å². The molecule has 1 heterocycles. The van der Waals surface area contributed by atoms with Gasteiger partial charge in [-0.05, 0) is 6.92 Å². The molecule has 0 radical (unpaired) electrons. The van der Waals surface area contributed by atoms with Gasteiger partial charge in [-0.15, -0.1) is 0 Å². The second-order valence-corrected chi connectivity index (χ2v) is 4.75. The minimum Gasteiger partial charge on any atom is -0.476 e. The number of benzene rings is 1. The van der Waals surface area contributed by atoms with E-state index in [2.05, 4.69) is 9.98 Å². The first-order valence-electron chi connectivity index (χ1n) is 6.64. The third-order valence-electron chi connectivity index (χ3n) is 3.10. The monoisotopic (exact) mass is 329 g/mol. The molecule has 24 heavy (non-hydrogen) atoms. The highest BCUT2D eigenvalue weighted by Gasteiger charge is 2.50. The quantitative estimate of drug-likeness (QED) is 0.740. The normalized spacial score (nSPS) is 16.3. The highest BCUT2D eigenvalue weighted by molar-refractivity contribution is 6.79. The number of carbonyl (C=O) groups is 3. The minimum absolute atomic E-state index is 0.120. The van der Waals surface area contributed by atoms with Crippen molar-refractivity contribution in [3.63, 3.8) is 0 Å². The summed E-state index contributed by atoms with van der Waals surface area (Å²) in [6, 6.07) is 9.26. The molecule has 2 rings (SSSR count). The fraction of sp³-hybridized carbons (Fsp3) is 0.200. The first-order valence-corrected chi connectivity index (χ1v) is 6.64. The van der Waals surface area contributed by atoms with E-state index in [-0.39, 0.29) is 5.56 Å². The Morgan fingerprint density at radius 3 is 2.04 bits per heavy atom. The molecule has 1 aromatic rings. The van der Waals surface area contributed by atoms with Crippen LogP contribution in [0.25, 0.3) is 0 Å². The second kappa shape index (κ2) is 6.29. The Labute approximate surface area is 135 Å². The molecule has 9 nitrogen and oxygen atoms in total. The third kappa shape index (κ3) is 2.85. The molecule has 0 bridgehead atoms. The summed E-state index contributed by atoms with van der Waals surface area (Å²) in [6.07, 6.45) is -1.15. The zero-order valence-electron chi connectivity index (χ0n) is 12.3.